The van der Waals surface area contributed by atoms with Crippen LogP contribution in [0.2, 0.25) is 0 Å². The van der Waals surface area contributed by atoms with Crippen LogP contribution in [0.3, 0.4) is 0 Å². The monoisotopic (exact) mass is 611 g/mol. The number of ether oxygens (including phenoxy) is 1. The van der Waals surface area contributed by atoms with Gasteiger partial charge < -0.3 is 19.1 Å². The van der Waals surface area contributed by atoms with E-state index in [1.54, 1.807) is 6.07 Å². The second-order valence-electron chi connectivity index (χ2n) is 13.5. The standard InChI is InChI=1S/C37H46FN5O2/c1-4-36(44)45-35-10-6-9-34(35)37(31-7-5-8-32(38)19-31,25-43-21-26(2)40-27(43)3)30-15-17-41(18-16-30)22-29-23-42(24-29)33-13-11-28(20-39)12-14-33/h5,7-8,11-14,19,21,29-30,34-35H,4,6,9-10,15-18,22-25H2,1-3H3/t34-,35-,37+/m0/s1. The Hall–Kier alpha value is -3.70. The number of anilines is 1. The average Bonchev–Trinajstić information content (AvgIpc) is 3.62. The van der Waals surface area contributed by atoms with Gasteiger partial charge in [0.15, 0.2) is 0 Å². The molecule has 8 heteroatoms. The second kappa shape index (κ2) is 13.3. The lowest BCUT2D eigenvalue weighted by Gasteiger charge is -2.51. The van der Waals surface area contributed by atoms with Gasteiger partial charge in [0, 0.05) is 61.7 Å². The second-order valence-corrected chi connectivity index (χ2v) is 13.5. The molecule has 6 rings (SSSR count). The van der Waals surface area contributed by atoms with Crippen LogP contribution in [0.15, 0.2) is 54.7 Å². The van der Waals surface area contributed by atoms with Crippen LogP contribution in [0.5, 0.6) is 0 Å². The van der Waals surface area contributed by atoms with Gasteiger partial charge in [-0.3, -0.25) is 4.79 Å². The quantitative estimate of drug-likeness (QED) is 0.247. The molecule has 7 nitrogen and oxygen atoms in total. The highest BCUT2D eigenvalue weighted by Crippen LogP contribution is 2.52. The maximum Gasteiger partial charge on any atom is 0.305 e. The number of likely N-dealkylation sites (tertiary alicyclic amines) is 1. The molecule has 3 heterocycles. The van der Waals surface area contributed by atoms with E-state index in [1.807, 2.05) is 44.2 Å². The van der Waals surface area contributed by atoms with Crippen LogP contribution >= 0.6 is 0 Å². The summed E-state index contributed by atoms with van der Waals surface area (Å²) in [5.74, 6) is 1.61. The number of esters is 1. The van der Waals surface area contributed by atoms with Crippen LogP contribution in [-0.2, 0) is 21.5 Å². The third-order valence-electron chi connectivity index (χ3n) is 10.7. The van der Waals surface area contributed by atoms with Crippen molar-refractivity contribution in [2.45, 2.75) is 77.4 Å². The first-order valence-corrected chi connectivity index (χ1v) is 16.7. The Kier molecular flexibility index (Phi) is 9.28. The third-order valence-corrected chi connectivity index (χ3v) is 10.7. The molecule has 238 valence electrons. The van der Waals surface area contributed by atoms with Gasteiger partial charge in [0.05, 0.1) is 17.3 Å². The Morgan fingerprint density at radius 3 is 2.49 bits per heavy atom. The molecule has 1 saturated carbocycles. The van der Waals surface area contributed by atoms with Gasteiger partial charge in [0.25, 0.3) is 0 Å². The van der Waals surface area contributed by atoms with Crippen molar-refractivity contribution in [3.63, 3.8) is 0 Å². The number of carbonyl (C=O) groups is 1. The number of aromatic nitrogens is 2. The van der Waals surface area contributed by atoms with E-state index in [9.17, 15) is 4.79 Å². The molecule has 1 aromatic heterocycles. The van der Waals surface area contributed by atoms with Crippen LogP contribution in [0.1, 0.15) is 68.1 Å². The number of halogens is 1. The van der Waals surface area contributed by atoms with Crippen molar-refractivity contribution >= 4 is 11.7 Å². The van der Waals surface area contributed by atoms with Crippen molar-refractivity contribution in [2.75, 3.05) is 37.6 Å². The average molecular weight is 612 g/mol. The van der Waals surface area contributed by atoms with E-state index in [4.69, 9.17) is 15.0 Å². The summed E-state index contributed by atoms with van der Waals surface area (Å²) in [6.45, 7) is 11.8. The summed E-state index contributed by atoms with van der Waals surface area (Å²) in [4.78, 5) is 22.4. The number of rotatable bonds is 10. The molecule has 0 amide bonds. The summed E-state index contributed by atoms with van der Waals surface area (Å²) in [6, 6.07) is 17.3. The van der Waals surface area contributed by atoms with Crippen LogP contribution in [0.4, 0.5) is 10.1 Å². The predicted molar refractivity (Wildman–Crippen MR) is 173 cm³/mol. The van der Waals surface area contributed by atoms with Crippen molar-refractivity contribution in [2.24, 2.45) is 17.8 Å². The molecule has 0 N–H and O–H groups in total. The number of nitrogens with zero attached hydrogens (tertiary/aromatic N) is 5. The summed E-state index contributed by atoms with van der Waals surface area (Å²) in [6.07, 6.45) is 7.15. The van der Waals surface area contributed by atoms with Gasteiger partial charge in [0.2, 0.25) is 0 Å². The minimum Gasteiger partial charge on any atom is -0.462 e. The van der Waals surface area contributed by atoms with E-state index in [-0.39, 0.29) is 23.8 Å². The van der Waals surface area contributed by atoms with Crippen LogP contribution < -0.4 is 4.90 Å². The molecule has 0 radical (unpaired) electrons. The molecular formula is C37H46FN5O2. The Labute approximate surface area is 267 Å². The van der Waals surface area contributed by atoms with Gasteiger partial charge >= 0.3 is 5.97 Å². The Morgan fingerprint density at radius 1 is 1.09 bits per heavy atom. The number of benzene rings is 2. The number of nitriles is 1. The van der Waals surface area contributed by atoms with Crippen molar-refractivity contribution in [1.29, 1.82) is 5.26 Å². The molecule has 0 spiro atoms. The summed E-state index contributed by atoms with van der Waals surface area (Å²) < 4.78 is 23.5. The molecule has 0 unspecified atom stereocenters. The molecule has 1 aliphatic carbocycles. The highest BCUT2D eigenvalue weighted by atomic mass is 19.1. The van der Waals surface area contributed by atoms with Gasteiger partial charge in [-0.15, -0.1) is 0 Å². The molecule has 0 bridgehead atoms. The molecule has 2 saturated heterocycles. The highest BCUT2D eigenvalue weighted by Gasteiger charge is 2.53. The first-order chi connectivity index (χ1) is 21.8. The zero-order valence-electron chi connectivity index (χ0n) is 26.9. The molecular weight excluding hydrogens is 565 g/mol. The maximum absolute atomic E-state index is 15.0. The fraction of sp³-hybridized carbons (Fsp3) is 0.541. The normalized spacial score (nSPS) is 22.5. The van der Waals surface area contributed by atoms with Gasteiger partial charge in [-0.25, -0.2) is 9.37 Å². The summed E-state index contributed by atoms with van der Waals surface area (Å²) in [5.41, 5.74) is 3.48. The van der Waals surface area contributed by atoms with Gasteiger partial charge in [-0.1, -0.05) is 19.1 Å². The van der Waals surface area contributed by atoms with Gasteiger partial charge in [-0.05, 0) is 107 Å². The molecule has 3 aliphatic rings. The maximum atomic E-state index is 15.0. The highest BCUT2D eigenvalue weighted by molar-refractivity contribution is 5.69. The summed E-state index contributed by atoms with van der Waals surface area (Å²) in [7, 11) is 0. The van der Waals surface area contributed by atoms with E-state index in [1.165, 1.54) is 11.8 Å². The fourth-order valence-corrected chi connectivity index (χ4v) is 8.52. The van der Waals surface area contributed by atoms with Crippen molar-refractivity contribution in [1.82, 2.24) is 14.5 Å². The van der Waals surface area contributed by atoms with Gasteiger partial charge in [-0.2, -0.15) is 5.26 Å². The first-order valence-electron chi connectivity index (χ1n) is 16.7. The topological polar surface area (TPSA) is 74.4 Å². The molecule has 45 heavy (non-hydrogen) atoms. The largest absolute Gasteiger partial charge is 0.462 e. The summed E-state index contributed by atoms with van der Waals surface area (Å²) >= 11 is 0. The number of carbonyl (C=O) groups excluding carboxylic acids is 1. The predicted octanol–water partition coefficient (Wildman–Crippen LogP) is 6.42. The molecule has 2 aromatic carbocycles. The van der Waals surface area contributed by atoms with E-state index in [0.29, 0.717) is 30.4 Å². The van der Waals surface area contributed by atoms with E-state index >= 15 is 4.39 Å². The minimum atomic E-state index is -0.399. The van der Waals surface area contributed by atoms with Gasteiger partial charge in [0.1, 0.15) is 17.7 Å². The number of hydrogen-bond acceptors (Lipinski definition) is 6. The molecule has 3 atom stereocenters. The van der Waals surface area contributed by atoms with Crippen LogP contribution in [0.25, 0.3) is 0 Å². The number of imidazole rings is 1. The smallest absolute Gasteiger partial charge is 0.305 e. The van der Waals surface area contributed by atoms with E-state index in [2.05, 4.69) is 39.6 Å². The van der Waals surface area contributed by atoms with Crippen LogP contribution in [-0.4, -0.2) is 59.2 Å². The Balaban J connectivity index is 1.24. The Morgan fingerprint density at radius 2 is 1.84 bits per heavy atom. The Bertz CT molecular complexity index is 1520. The molecule has 3 aromatic rings. The summed E-state index contributed by atoms with van der Waals surface area (Å²) in [5, 5.41) is 9.11. The number of piperidine rings is 1. The van der Waals surface area contributed by atoms with Crippen molar-refractivity contribution < 1.29 is 13.9 Å². The van der Waals surface area contributed by atoms with Crippen molar-refractivity contribution in [3.8, 4) is 6.07 Å². The van der Waals surface area contributed by atoms with E-state index in [0.717, 1.165) is 81.9 Å². The number of aryl methyl sites for hydroxylation is 2. The third kappa shape index (κ3) is 6.51. The first kappa shape index (κ1) is 31.3. The lowest BCUT2D eigenvalue weighted by Crippen LogP contribution is -2.55. The number of hydrogen-bond donors (Lipinski definition) is 0. The van der Waals surface area contributed by atoms with E-state index < -0.39 is 5.41 Å². The molecule has 2 aliphatic heterocycles. The fourth-order valence-electron chi connectivity index (χ4n) is 8.52. The lowest BCUT2D eigenvalue weighted by molar-refractivity contribution is -0.152. The zero-order valence-corrected chi connectivity index (χ0v) is 26.9. The lowest BCUT2D eigenvalue weighted by atomic mass is 9.58. The molecule has 3 fully saturated rings. The van der Waals surface area contributed by atoms with Crippen molar-refractivity contribution in [3.05, 3.63) is 83.2 Å². The zero-order chi connectivity index (χ0) is 31.6. The minimum absolute atomic E-state index is 0.0982. The van der Waals surface area contributed by atoms with Crippen LogP contribution in [0, 0.1) is 48.7 Å². The SMILES string of the molecule is CCC(=O)O[C@H]1CCC[C@@H]1[C@@](Cn1cc(C)nc1C)(c1cccc(F)c1)C1CCN(CC2CN(c3ccc(C#N)cc3)C2)CC1.